The van der Waals surface area contributed by atoms with E-state index in [9.17, 15) is 0 Å². The Labute approximate surface area is 81.0 Å². The number of nitrogens with two attached hydrogens (primary N) is 1. The van der Waals surface area contributed by atoms with E-state index in [4.69, 9.17) is 5.73 Å². The molecule has 1 rings (SSSR count). The molecule has 0 radical (unpaired) electrons. The van der Waals surface area contributed by atoms with Gasteiger partial charge < -0.3 is 5.73 Å². The second-order valence-electron chi connectivity index (χ2n) is 3.49. The van der Waals surface area contributed by atoms with Gasteiger partial charge in [-0.3, -0.25) is 0 Å². The maximum atomic E-state index is 6.06. The van der Waals surface area contributed by atoms with Crippen LogP contribution in [0.3, 0.4) is 0 Å². The number of hydrogen-bond donors (Lipinski definition) is 1. The lowest BCUT2D eigenvalue weighted by Crippen LogP contribution is -1.99. The van der Waals surface area contributed by atoms with Crippen molar-refractivity contribution < 1.29 is 0 Å². The Morgan fingerprint density at radius 3 is 1.85 bits per heavy atom. The fourth-order valence-corrected chi connectivity index (χ4v) is 1.64. The van der Waals surface area contributed by atoms with E-state index in [1.165, 1.54) is 24.0 Å². The van der Waals surface area contributed by atoms with E-state index >= 15 is 0 Å². The van der Waals surface area contributed by atoms with Gasteiger partial charge in [-0.2, -0.15) is 0 Å². The van der Waals surface area contributed by atoms with Crippen LogP contribution in [0.5, 0.6) is 0 Å². The zero-order valence-corrected chi connectivity index (χ0v) is 8.64. The Morgan fingerprint density at radius 2 is 1.46 bits per heavy atom. The molecular weight excluding hydrogens is 158 g/mol. The highest BCUT2D eigenvalue weighted by Gasteiger charge is 2.02. The Morgan fingerprint density at radius 1 is 1.00 bits per heavy atom. The summed E-state index contributed by atoms with van der Waals surface area (Å²) in [6.45, 7) is 4.37. The molecule has 0 aliphatic heterocycles. The van der Waals surface area contributed by atoms with Crippen molar-refractivity contribution in [3.05, 3.63) is 29.3 Å². The first-order valence-corrected chi connectivity index (χ1v) is 5.15. The average Bonchev–Trinajstić information content (AvgIpc) is 2.13. The minimum Gasteiger partial charge on any atom is -0.398 e. The summed E-state index contributed by atoms with van der Waals surface area (Å²) in [5.74, 6) is 0. The summed E-state index contributed by atoms with van der Waals surface area (Å²) < 4.78 is 0. The Hall–Kier alpha value is -0.980. The lowest BCUT2D eigenvalue weighted by atomic mass is 10.0. The molecule has 1 heteroatoms. The monoisotopic (exact) mass is 177 g/mol. The molecule has 0 fully saturated rings. The van der Waals surface area contributed by atoms with Crippen molar-refractivity contribution in [1.29, 1.82) is 0 Å². The second-order valence-corrected chi connectivity index (χ2v) is 3.49. The fourth-order valence-electron chi connectivity index (χ4n) is 1.64. The maximum absolute atomic E-state index is 6.06. The molecule has 0 spiro atoms. The van der Waals surface area contributed by atoms with E-state index in [0.29, 0.717) is 0 Å². The predicted molar refractivity (Wildman–Crippen MR) is 58.8 cm³/mol. The fraction of sp³-hybridized carbons (Fsp3) is 0.500. The molecule has 0 saturated heterocycles. The van der Waals surface area contributed by atoms with Crippen LogP contribution in [-0.2, 0) is 12.8 Å². The molecule has 1 aromatic carbocycles. The summed E-state index contributed by atoms with van der Waals surface area (Å²) in [6.07, 6.45) is 4.53. The molecule has 13 heavy (non-hydrogen) atoms. The minimum absolute atomic E-state index is 1.02. The summed E-state index contributed by atoms with van der Waals surface area (Å²) in [5, 5.41) is 0. The number of aryl methyl sites for hydroxylation is 2. The molecule has 0 aliphatic carbocycles. The minimum atomic E-state index is 1.02. The van der Waals surface area contributed by atoms with Crippen molar-refractivity contribution in [2.24, 2.45) is 0 Å². The third kappa shape index (κ3) is 2.48. The van der Waals surface area contributed by atoms with Crippen LogP contribution in [0.2, 0.25) is 0 Å². The zero-order valence-electron chi connectivity index (χ0n) is 8.64. The van der Waals surface area contributed by atoms with Crippen LogP contribution in [0.25, 0.3) is 0 Å². The van der Waals surface area contributed by atoms with Gasteiger partial charge in [-0.25, -0.2) is 0 Å². The summed E-state index contributed by atoms with van der Waals surface area (Å²) in [5.41, 5.74) is 9.70. The first-order chi connectivity index (χ1) is 6.29. The molecule has 0 amide bonds. The molecule has 0 heterocycles. The van der Waals surface area contributed by atoms with Crippen LogP contribution in [0.15, 0.2) is 18.2 Å². The van der Waals surface area contributed by atoms with E-state index in [1.807, 2.05) is 0 Å². The number of hydrogen-bond acceptors (Lipinski definition) is 1. The summed E-state index contributed by atoms with van der Waals surface area (Å²) in [7, 11) is 0. The van der Waals surface area contributed by atoms with Gasteiger partial charge in [-0.05, 0) is 24.0 Å². The predicted octanol–water partition coefficient (Wildman–Crippen LogP) is 3.17. The number of anilines is 1. The summed E-state index contributed by atoms with van der Waals surface area (Å²) in [6, 6.07) is 6.39. The van der Waals surface area contributed by atoms with E-state index in [0.717, 1.165) is 18.5 Å². The lowest BCUT2D eigenvalue weighted by Gasteiger charge is -2.09. The highest BCUT2D eigenvalue weighted by Crippen LogP contribution is 2.20. The molecule has 72 valence electrons. The Kier molecular flexibility index (Phi) is 3.81. The quantitative estimate of drug-likeness (QED) is 0.702. The van der Waals surface area contributed by atoms with Gasteiger partial charge >= 0.3 is 0 Å². The molecule has 0 saturated carbocycles. The number of rotatable bonds is 4. The van der Waals surface area contributed by atoms with E-state index in [1.54, 1.807) is 0 Å². The Bertz CT molecular complexity index is 242. The second kappa shape index (κ2) is 4.90. The van der Waals surface area contributed by atoms with Crippen molar-refractivity contribution >= 4 is 5.69 Å². The largest absolute Gasteiger partial charge is 0.398 e. The van der Waals surface area contributed by atoms with Gasteiger partial charge in [0.15, 0.2) is 0 Å². The highest BCUT2D eigenvalue weighted by atomic mass is 14.6. The standard InChI is InChI=1S/C12H19N/c1-3-6-10-8-5-9-11(7-4-2)12(10)13/h5,8-9H,3-4,6-7,13H2,1-2H3. The molecule has 0 aromatic heterocycles. The van der Waals surface area contributed by atoms with Crippen molar-refractivity contribution in [2.75, 3.05) is 5.73 Å². The van der Waals surface area contributed by atoms with Crippen LogP contribution in [0.4, 0.5) is 5.69 Å². The molecule has 1 nitrogen and oxygen atoms in total. The molecular formula is C12H19N. The van der Waals surface area contributed by atoms with Gasteiger partial charge in [0.1, 0.15) is 0 Å². The van der Waals surface area contributed by atoms with Crippen molar-refractivity contribution in [2.45, 2.75) is 39.5 Å². The first-order valence-electron chi connectivity index (χ1n) is 5.15. The summed E-state index contributed by atoms with van der Waals surface area (Å²) in [4.78, 5) is 0. The number of benzene rings is 1. The van der Waals surface area contributed by atoms with Crippen molar-refractivity contribution in [3.8, 4) is 0 Å². The lowest BCUT2D eigenvalue weighted by molar-refractivity contribution is 0.900. The van der Waals surface area contributed by atoms with Gasteiger partial charge in [0.05, 0.1) is 0 Å². The smallest absolute Gasteiger partial charge is 0.0379 e. The van der Waals surface area contributed by atoms with E-state index in [2.05, 4.69) is 32.0 Å². The van der Waals surface area contributed by atoms with Gasteiger partial charge in [0.25, 0.3) is 0 Å². The number of nitrogen functional groups attached to an aromatic ring is 1. The van der Waals surface area contributed by atoms with Gasteiger partial charge in [-0.15, -0.1) is 0 Å². The highest BCUT2D eigenvalue weighted by molar-refractivity contribution is 5.53. The molecule has 0 bridgehead atoms. The molecule has 2 N–H and O–H groups in total. The van der Waals surface area contributed by atoms with Crippen LogP contribution < -0.4 is 5.73 Å². The van der Waals surface area contributed by atoms with Crippen LogP contribution in [0.1, 0.15) is 37.8 Å². The maximum Gasteiger partial charge on any atom is 0.0379 e. The zero-order chi connectivity index (χ0) is 9.68. The SMILES string of the molecule is CCCc1cccc(CCC)c1N. The van der Waals surface area contributed by atoms with Crippen LogP contribution >= 0.6 is 0 Å². The molecule has 1 aromatic rings. The van der Waals surface area contributed by atoms with Gasteiger partial charge in [-0.1, -0.05) is 44.9 Å². The van der Waals surface area contributed by atoms with Crippen molar-refractivity contribution in [3.63, 3.8) is 0 Å². The molecule has 0 unspecified atom stereocenters. The topological polar surface area (TPSA) is 26.0 Å². The van der Waals surface area contributed by atoms with Crippen molar-refractivity contribution in [1.82, 2.24) is 0 Å². The third-order valence-electron chi connectivity index (χ3n) is 2.33. The van der Waals surface area contributed by atoms with E-state index in [-0.39, 0.29) is 0 Å². The van der Waals surface area contributed by atoms with Gasteiger partial charge in [0, 0.05) is 5.69 Å². The average molecular weight is 177 g/mol. The Balaban J connectivity index is 2.89. The summed E-state index contributed by atoms with van der Waals surface area (Å²) >= 11 is 0. The first kappa shape index (κ1) is 10.1. The normalized spacial score (nSPS) is 10.3. The molecule has 0 atom stereocenters. The molecule has 0 aliphatic rings. The third-order valence-corrected chi connectivity index (χ3v) is 2.33. The van der Waals surface area contributed by atoms with Crippen LogP contribution in [-0.4, -0.2) is 0 Å². The number of para-hydroxylation sites is 1. The van der Waals surface area contributed by atoms with Crippen LogP contribution in [0, 0.1) is 0 Å². The van der Waals surface area contributed by atoms with E-state index < -0.39 is 0 Å². The van der Waals surface area contributed by atoms with Gasteiger partial charge in [0.2, 0.25) is 0 Å².